The van der Waals surface area contributed by atoms with Gasteiger partial charge in [-0.2, -0.15) is 0 Å². The first-order valence-electron chi connectivity index (χ1n) is 6.24. The molecule has 1 aromatic rings. The molecule has 1 aliphatic rings. The molecule has 1 heterocycles. The second kappa shape index (κ2) is 6.31. The van der Waals surface area contributed by atoms with E-state index in [-0.39, 0.29) is 13.0 Å². The molecule has 1 saturated heterocycles. The van der Waals surface area contributed by atoms with Gasteiger partial charge in [0.15, 0.2) is 0 Å². The van der Waals surface area contributed by atoms with Crippen LogP contribution in [0.2, 0.25) is 0 Å². The number of aliphatic hydroxyl groups is 1. The highest BCUT2D eigenvalue weighted by Gasteiger charge is 2.39. The third-order valence-corrected chi connectivity index (χ3v) is 3.85. The summed E-state index contributed by atoms with van der Waals surface area (Å²) in [4.78, 5) is 24.3. The van der Waals surface area contributed by atoms with Gasteiger partial charge in [0, 0.05) is 18.7 Å². The van der Waals surface area contributed by atoms with E-state index in [2.05, 4.69) is 21.2 Å². The number of ether oxygens (including phenoxy) is 1. The van der Waals surface area contributed by atoms with Crippen LogP contribution in [0, 0.1) is 0 Å². The molecule has 8 heteroatoms. The van der Waals surface area contributed by atoms with Gasteiger partial charge in [-0.1, -0.05) is 0 Å². The lowest BCUT2D eigenvalue weighted by atomic mass is 10.2. The van der Waals surface area contributed by atoms with Crippen LogP contribution in [0.3, 0.4) is 0 Å². The number of hydrogen-bond acceptors (Lipinski definition) is 4. The van der Waals surface area contributed by atoms with Crippen molar-refractivity contribution in [2.24, 2.45) is 0 Å². The maximum atomic E-state index is 12.1. The number of urea groups is 1. The third-order valence-electron chi connectivity index (χ3n) is 3.23. The number of carboxylic acids is 1. The van der Waals surface area contributed by atoms with Gasteiger partial charge in [-0.25, -0.2) is 9.59 Å². The number of carboxylic acid groups (broad SMARTS) is 1. The Morgan fingerprint density at radius 3 is 2.76 bits per heavy atom. The summed E-state index contributed by atoms with van der Waals surface area (Å²) in [6.45, 7) is 0.000123. The SMILES string of the molecule is COc1ccc(NC(=O)N2C[C@H](O)C[C@@H]2C(=O)O)cc1Br. The summed E-state index contributed by atoms with van der Waals surface area (Å²) in [6.07, 6.45) is -0.783. The third kappa shape index (κ3) is 3.45. The van der Waals surface area contributed by atoms with Gasteiger partial charge in [-0.3, -0.25) is 0 Å². The highest BCUT2D eigenvalue weighted by molar-refractivity contribution is 9.10. The van der Waals surface area contributed by atoms with E-state index >= 15 is 0 Å². The molecule has 2 rings (SSSR count). The van der Waals surface area contributed by atoms with Crippen molar-refractivity contribution in [2.45, 2.75) is 18.6 Å². The average Bonchev–Trinajstić information content (AvgIpc) is 2.81. The molecule has 0 radical (unpaired) electrons. The number of nitrogens with one attached hydrogen (secondary N) is 1. The number of carbonyl (C=O) groups is 2. The fourth-order valence-corrected chi connectivity index (χ4v) is 2.75. The Labute approximate surface area is 129 Å². The minimum atomic E-state index is -1.13. The number of β-amino-alcohol motifs (C(OH)–C–C–N with tert-alkyl or cyclic N) is 1. The van der Waals surface area contributed by atoms with Crippen LogP contribution >= 0.6 is 15.9 Å². The van der Waals surface area contributed by atoms with Crippen LogP contribution in [0.25, 0.3) is 0 Å². The van der Waals surface area contributed by atoms with Crippen molar-refractivity contribution in [3.63, 3.8) is 0 Å². The summed E-state index contributed by atoms with van der Waals surface area (Å²) in [5.41, 5.74) is 0.498. The Kier molecular flexibility index (Phi) is 4.69. The number of rotatable bonds is 3. The number of carbonyl (C=O) groups excluding carboxylic acids is 1. The lowest BCUT2D eigenvalue weighted by molar-refractivity contribution is -0.141. The molecule has 1 fully saturated rings. The molecular formula is C13H15BrN2O5. The van der Waals surface area contributed by atoms with Crippen LogP contribution in [-0.2, 0) is 4.79 Å². The molecule has 1 aromatic carbocycles. The second-order valence-electron chi connectivity index (χ2n) is 4.68. The fraction of sp³-hybridized carbons (Fsp3) is 0.385. The highest BCUT2D eigenvalue weighted by atomic mass is 79.9. The first-order chi connectivity index (χ1) is 9.92. The summed E-state index contributed by atoms with van der Waals surface area (Å²) < 4.78 is 5.75. The Bertz CT molecular complexity index is 565. The highest BCUT2D eigenvalue weighted by Crippen LogP contribution is 2.28. The summed E-state index contributed by atoms with van der Waals surface area (Å²) in [6, 6.07) is 3.40. The molecule has 1 aliphatic heterocycles. The predicted molar refractivity (Wildman–Crippen MR) is 78.5 cm³/mol. The number of hydrogen-bond donors (Lipinski definition) is 3. The standard InChI is InChI=1S/C13H15BrN2O5/c1-21-11-3-2-7(4-9(11)14)15-13(20)16-6-8(17)5-10(16)12(18)19/h2-4,8,10,17H,5-6H2,1H3,(H,15,20)(H,18,19)/t8-,10-/m1/s1. The summed E-state index contributed by atoms with van der Waals surface area (Å²) >= 11 is 3.30. The monoisotopic (exact) mass is 358 g/mol. The summed E-state index contributed by atoms with van der Waals surface area (Å²) in [7, 11) is 1.53. The number of likely N-dealkylation sites (tertiary alicyclic amines) is 1. The topological polar surface area (TPSA) is 99.1 Å². The second-order valence-corrected chi connectivity index (χ2v) is 5.53. The smallest absolute Gasteiger partial charge is 0.326 e. The van der Waals surface area contributed by atoms with Gasteiger partial charge >= 0.3 is 12.0 Å². The molecule has 0 spiro atoms. The summed E-state index contributed by atoms with van der Waals surface area (Å²) in [5, 5.41) is 21.2. The van der Waals surface area contributed by atoms with Crippen molar-refractivity contribution < 1.29 is 24.5 Å². The van der Waals surface area contributed by atoms with Crippen LogP contribution in [0.15, 0.2) is 22.7 Å². The van der Waals surface area contributed by atoms with Crippen LogP contribution < -0.4 is 10.1 Å². The van der Waals surface area contributed by atoms with Crippen molar-refractivity contribution in [3.8, 4) is 5.75 Å². The van der Waals surface area contributed by atoms with Crippen molar-refractivity contribution in [3.05, 3.63) is 22.7 Å². The average molecular weight is 359 g/mol. The number of anilines is 1. The number of halogens is 1. The van der Waals surface area contributed by atoms with Crippen LogP contribution in [-0.4, -0.2) is 52.9 Å². The number of amides is 2. The van der Waals surface area contributed by atoms with Crippen molar-refractivity contribution in [1.82, 2.24) is 4.90 Å². The van der Waals surface area contributed by atoms with Crippen molar-refractivity contribution in [1.29, 1.82) is 0 Å². The quantitative estimate of drug-likeness (QED) is 0.760. The Hall–Kier alpha value is -1.80. The number of benzene rings is 1. The van der Waals surface area contributed by atoms with Crippen LogP contribution in [0.1, 0.15) is 6.42 Å². The molecule has 7 nitrogen and oxygen atoms in total. The predicted octanol–water partition coefficient (Wildman–Crippen LogP) is 1.51. The van der Waals surface area contributed by atoms with Gasteiger partial charge in [0.05, 0.1) is 17.7 Å². The van der Waals surface area contributed by atoms with Crippen LogP contribution in [0.4, 0.5) is 10.5 Å². The Morgan fingerprint density at radius 2 is 2.19 bits per heavy atom. The van der Waals surface area contributed by atoms with E-state index < -0.39 is 24.1 Å². The van der Waals surface area contributed by atoms with Gasteiger partial charge in [-0.05, 0) is 34.1 Å². The van der Waals surface area contributed by atoms with Crippen LogP contribution in [0.5, 0.6) is 5.75 Å². The molecular weight excluding hydrogens is 344 g/mol. The van der Waals surface area contributed by atoms with E-state index in [0.29, 0.717) is 15.9 Å². The lowest BCUT2D eigenvalue weighted by Crippen LogP contribution is -2.43. The molecule has 0 aromatic heterocycles. The minimum absolute atomic E-state index is 0.000123. The van der Waals surface area contributed by atoms with E-state index in [1.54, 1.807) is 18.2 Å². The van der Waals surface area contributed by atoms with Crippen molar-refractivity contribution in [2.75, 3.05) is 19.0 Å². The largest absolute Gasteiger partial charge is 0.496 e. The number of aliphatic hydroxyl groups excluding tert-OH is 1. The molecule has 0 aliphatic carbocycles. The van der Waals surface area contributed by atoms with E-state index in [1.807, 2.05) is 0 Å². The first-order valence-corrected chi connectivity index (χ1v) is 7.03. The van der Waals surface area contributed by atoms with E-state index in [1.165, 1.54) is 7.11 Å². The molecule has 0 saturated carbocycles. The molecule has 21 heavy (non-hydrogen) atoms. The molecule has 0 unspecified atom stereocenters. The Morgan fingerprint density at radius 1 is 1.48 bits per heavy atom. The lowest BCUT2D eigenvalue weighted by Gasteiger charge is -2.21. The van der Waals surface area contributed by atoms with Gasteiger partial charge in [0.2, 0.25) is 0 Å². The van der Waals surface area contributed by atoms with Gasteiger partial charge in [-0.15, -0.1) is 0 Å². The molecule has 2 amide bonds. The van der Waals surface area contributed by atoms with Gasteiger partial charge in [0.25, 0.3) is 0 Å². The normalized spacial score (nSPS) is 21.2. The molecule has 0 bridgehead atoms. The maximum Gasteiger partial charge on any atom is 0.326 e. The Balaban J connectivity index is 2.10. The summed E-state index contributed by atoms with van der Waals surface area (Å²) in [5.74, 6) is -0.509. The zero-order chi connectivity index (χ0) is 15.6. The van der Waals surface area contributed by atoms with E-state index in [4.69, 9.17) is 9.84 Å². The zero-order valence-electron chi connectivity index (χ0n) is 11.2. The number of aliphatic carboxylic acids is 1. The maximum absolute atomic E-state index is 12.1. The van der Waals surface area contributed by atoms with Crippen molar-refractivity contribution >= 4 is 33.6 Å². The molecule has 3 N–H and O–H groups in total. The van der Waals surface area contributed by atoms with Gasteiger partial charge < -0.3 is 25.2 Å². The van der Waals surface area contributed by atoms with E-state index in [0.717, 1.165) is 4.90 Å². The fourth-order valence-electron chi connectivity index (χ4n) is 2.21. The van der Waals surface area contributed by atoms with Gasteiger partial charge in [0.1, 0.15) is 11.8 Å². The first kappa shape index (κ1) is 15.6. The molecule has 114 valence electrons. The minimum Gasteiger partial charge on any atom is -0.496 e. The molecule has 2 atom stereocenters. The zero-order valence-corrected chi connectivity index (χ0v) is 12.8. The van der Waals surface area contributed by atoms with E-state index in [9.17, 15) is 14.7 Å². The number of nitrogens with zero attached hydrogens (tertiary/aromatic N) is 1. The number of methoxy groups -OCH3 is 1.